The first-order valence-electron chi connectivity index (χ1n) is 13.7. The third kappa shape index (κ3) is 6.01. The third-order valence-corrected chi connectivity index (χ3v) is 7.30. The largest absolute Gasteiger partial charge is 0.444 e. The molecule has 3 amide bonds. The molecule has 0 saturated carbocycles. The van der Waals surface area contributed by atoms with Crippen molar-refractivity contribution in [2.24, 2.45) is 0 Å². The zero-order valence-electron chi connectivity index (χ0n) is 24.0. The molecule has 1 saturated heterocycles. The van der Waals surface area contributed by atoms with E-state index in [4.69, 9.17) is 10.5 Å². The number of ether oxygens (including phenoxy) is 1. The molecule has 3 heterocycles. The second kappa shape index (κ2) is 10.5. The van der Waals surface area contributed by atoms with Crippen LogP contribution in [0.4, 0.5) is 16.4 Å². The molecule has 0 radical (unpaired) electrons. The van der Waals surface area contributed by atoms with Crippen LogP contribution in [0.5, 0.6) is 0 Å². The fraction of sp³-hybridized carbons (Fsp3) is 0.448. The van der Waals surface area contributed by atoms with Crippen LogP contribution >= 0.6 is 0 Å². The number of nitrogens with zero attached hydrogens (tertiary/aromatic N) is 4. The van der Waals surface area contributed by atoms with E-state index < -0.39 is 11.7 Å². The van der Waals surface area contributed by atoms with Crippen LogP contribution in [0.2, 0.25) is 0 Å². The molecular formula is C29H36N8O4. The number of nitrogen functional groups attached to an aromatic ring is 1. The van der Waals surface area contributed by atoms with Gasteiger partial charge in [0.05, 0.1) is 5.69 Å². The molecule has 2 aliphatic rings. The maximum absolute atomic E-state index is 13.3. The Balaban J connectivity index is 1.21. The number of H-pyrrole nitrogens is 1. The van der Waals surface area contributed by atoms with Crippen molar-refractivity contribution in [3.63, 3.8) is 0 Å². The zero-order valence-corrected chi connectivity index (χ0v) is 24.0. The fourth-order valence-corrected chi connectivity index (χ4v) is 5.43. The average molecular weight is 561 g/mol. The van der Waals surface area contributed by atoms with Gasteiger partial charge in [-0.25, -0.2) is 14.8 Å². The van der Waals surface area contributed by atoms with Crippen LogP contribution in [0.25, 0.3) is 11.4 Å². The number of aromatic nitrogens is 4. The van der Waals surface area contributed by atoms with Crippen LogP contribution in [0, 0.1) is 0 Å². The minimum atomic E-state index is -0.558. The molecule has 1 fully saturated rings. The monoisotopic (exact) mass is 560 g/mol. The van der Waals surface area contributed by atoms with Gasteiger partial charge in [-0.15, -0.1) is 0 Å². The number of hydrogen-bond acceptors (Lipinski definition) is 8. The number of carbonyl (C=O) groups is 3. The summed E-state index contributed by atoms with van der Waals surface area (Å²) in [5.74, 6) is -0.279. The SMILES string of the molecule is CC(C)(C)OC(=O)NC1CCN(C(=O)c2ccc(NC(=O)c3[nH]nc4c3C(C)(C)Cc3cnc(N)nc3-4)cc2)CC1. The topological polar surface area (TPSA) is 168 Å². The summed E-state index contributed by atoms with van der Waals surface area (Å²) in [7, 11) is 0. The summed E-state index contributed by atoms with van der Waals surface area (Å²) in [6, 6.07) is 6.78. The lowest BCUT2D eigenvalue weighted by Gasteiger charge is -2.33. The predicted molar refractivity (Wildman–Crippen MR) is 153 cm³/mol. The van der Waals surface area contributed by atoms with Gasteiger partial charge in [0.1, 0.15) is 17.0 Å². The Hall–Kier alpha value is -4.48. The number of piperidine rings is 1. The molecule has 0 atom stereocenters. The van der Waals surface area contributed by atoms with E-state index in [1.165, 1.54) is 0 Å². The maximum Gasteiger partial charge on any atom is 0.407 e. The highest BCUT2D eigenvalue weighted by Gasteiger charge is 2.38. The minimum Gasteiger partial charge on any atom is -0.444 e. The summed E-state index contributed by atoms with van der Waals surface area (Å²) in [4.78, 5) is 48.7. The van der Waals surface area contributed by atoms with E-state index in [2.05, 4.69) is 30.8 Å². The van der Waals surface area contributed by atoms with Gasteiger partial charge in [-0.05, 0) is 75.3 Å². The molecule has 12 heteroatoms. The number of aromatic amines is 1. The molecule has 0 spiro atoms. The van der Waals surface area contributed by atoms with E-state index in [9.17, 15) is 14.4 Å². The van der Waals surface area contributed by atoms with E-state index in [0.29, 0.717) is 60.7 Å². The number of amides is 3. The molecule has 0 unspecified atom stereocenters. The number of hydrogen-bond donors (Lipinski definition) is 4. The molecule has 5 N–H and O–H groups in total. The predicted octanol–water partition coefficient (Wildman–Crippen LogP) is 3.66. The summed E-state index contributed by atoms with van der Waals surface area (Å²) in [5.41, 5.74) is 9.24. The molecule has 216 valence electrons. The number of nitrogens with one attached hydrogen (secondary N) is 3. The lowest BCUT2D eigenvalue weighted by Crippen LogP contribution is -2.47. The van der Waals surface area contributed by atoms with E-state index in [0.717, 1.165) is 11.1 Å². The van der Waals surface area contributed by atoms with Gasteiger partial charge < -0.3 is 26.0 Å². The van der Waals surface area contributed by atoms with Crippen molar-refractivity contribution in [1.82, 2.24) is 30.4 Å². The number of anilines is 2. The first kappa shape index (κ1) is 28.1. The summed E-state index contributed by atoms with van der Waals surface area (Å²) < 4.78 is 5.33. The van der Waals surface area contributed by atoms with Crippen molar-refractivity contribution in [2.75, 3.05) is 24.1 Å². The molecule has 41 heavy (non-hydrogen) atoms. The first-order valence-corrected chi connectivity index (χ1v) is 13.7. The first-order chi connectivity index (χ1) is 19.3. The number of benzene rings is 1. The number of nitrogens with two attached hydrogens (primary N) is 1. The number of rotatable bonds is 4. The molecule has 3 aromatic rings. The van der Waals surface area contributed by atoms with Crippen LogP contribution in [0.15, 0.2) is 30.5 Å². The highest BCUT2D eigenvalue weighted by Crippen LogP contribution is 2.42. The Morgan fingerprint density at radius 2 is 1.78 bits per heavy atom. The second-order valence-corrected chi connectivity index (χ2v) is 12.2. The lowest BCUT2D eigenvalue weighted by molar-refractivity contribution is 0.0473. The van der Waals surface area contributed by atoms with Gasteiger partial charge >= 0.3 is 6.09 Å². The molecule has 12 nitrogen and oxygen atoms in total. The van der Waals surface area contributed by atoms with Crippen LogP contribution in [-0.2, 0) is 16.6 Å². The summed E-state index contributed by atoms with van der Waals surface area (Å²) in [5, 5.41) is 13.1. The van der Waals surface area contributed by atoms with Gasteiger partial charge in [-0.2, -0.15) is 5.10 Å². The van der Waals surface area contributed by atoms with Crippen LogP contribution in [0.1, 0.15) is 79.4 Å². The van der Waals surface area contributed by atoms with Crippen LogP contribution in [0.3, 0.4) is 0 Å². The molecule has 1 aliphatic carbocycles. The smallest absolute Gasteiger partial charge is 0.407 e. The molecule has 1 aliphatic heterocycles. The summed E-state index contributed by atoms with van der Waals surface area (Å²) >= 11 is 0. The van der Waals surface area contributed by atoms with Crippen molar-refractivity contribution in [2.45, 2.75) is 70.9 Å². The third-order valence-electron chi connectivity index (χ3n) is 7.30. The van der Waals surface area contributed by atoms with Gasteiger partial charge in [0.2, 0.25) is 5.95 Å². The van der Waals surface area contributed by atoms with E-state index in [1.54, 1.807) is 35.4 Å². The number of carbonyl (C=O) groups excluding carboxylic acids is 3. The maximum atomic E-state index is 13.3. The molecule has 2 aromatic heterocycles. The van der Waals surface area contributed by atoms with Gasteiger partial charge in [-0.3, -0.25) is 14.7 Å². The zero-order chi connectivity index (χ0) is 29.5. The number of alkyl carbamates (subject to hydrolysis) is 1. The van der Waals surface area contributed by atoms with Crippen molar-refractivity contribution in [1.29, 1.82) is 0 Å². The lowest BCUT2D eigenvalue weighted by atomic mass is 9.73. The van der Waals surface area contributed by atoms with Gasteiger partial charge in [0.15, 0.2) is 0 Å². The highest BCUT2D eigenvalue weighted by atomic mass is 16.6. The van der Waals surface area contributed by atoms with E-state index in [-0.39, 0.29) is 29.2 Å². The second-order valence-electron chi connectivity index (χ2n) is 12.2. The highest BCUT2D eigenvalue weighted by molar-refractivity contribution is 6.05. The average Bonchev–Trinajstić information content (AvgIpc) is 3.36. The van der Waals surface area contributed by atoms with Crippen LogP contribution < -0.4 is 16.4 Å². The Morgan fingerprint density at radius 3 is 2.44 bits per heavy atom. The van der Waals surface area contributed by atoms with Crippen molar-refractivity contribution < 1.29 is 19.1 Å². The fourth-order valence-electron chi connectivity index (χ4n) is 5.43. The molecule has 1 aromatic carbocycles. The number of fused-ring (bicyclic) bond motifs is 3. The molecule has 0 bridgehead atoms. The Labute approximate surface area is 238 Å². The molecule has 5 rings (SSSR count). The Morgan fingerprint density at radius 1 is 1.10 bits per heavy atom. The summed E-state index contributed by atoms with van der Waals surface area (Å²) in [6.07, 6.45) is 3.20. The van der Waals surface area contributed by atoms with Crippen LogP contribution in [-0.4, -0.2) is 67.7 Å². The Kier molecular flexibility index (Phi) is 7.18. The molecular weight excluding hydrogens is 524 g/mol. The quantitative estimate of drug-likeness (QED) is 0.375. The van der Waals surface area contributed by atoms with Crippen molar-refractivity contribution in [3.05, 3.63) is 52.8 Å². The van der Waals surface area contributed by atoms with Gasteiger partial charge in [0, 0.05) is 42.1 Å². The summed E-state index contributed by atoms with van der Waals surface area (Å²) in [6.45, 7) is 10.6. The number of likely N-dealkylation sites (tertiary alicyclic amines) is 1. The Bertz CT molecular complexity index is 1480. The van der Waals surface area contributed by atoms with Crippen molar-refractivity contribution >= 4 is 29.5 Å². The van der Waals surface area contributed by atoms with E-state index >= 15 is 0 Å². The standard InChI is InChI=1S/C29H36N8O4/c1-28(2,3)41-27(40)33-19-10-12-37(13-11-19)25(39)16-6-8-18(9-7-16)32-24(38)23-20-22(35-36-23)21-17(14-29(20,4)5)15-31-26(30)34-21/h6-9,15,19H,10-14H2,1-5H3,(H,32,38)(H,33,40)(H,35,36)(H2,30,31,34). The van der Waals surface area contributed by atoms with Gasteiger partial charge in [0.25, 0.3) is 11.8 Å². The normalized spacial score (nSPS) is 16.4. The van der Waals surface area contributed by atoms with Gasteiger partial charge in [-0.1, -0.05) is 13.8 Å². The van der Waals surface area contributed by atoms with Crippen molar-refractivity contribution in [3.8, 4) is 11.4 Å². The minimum absolute atomic E-state index is 0.0389. The van der Waals surface area contributed by atoms with E-state index in [1.807, 2.05) is 34.6 Å².